The molecule has 2 heterocycles. The summed E-state index contributed by atoms with van der Waals surface area (Å²) >= 11 is 4.86. The second kappa shape index (κ2) is 6.09. The van der Waals surface area contributed by atoms with Crippen molar-refractivity contribution in [1.29, 1.82) is 0 Å². The molecule has 1 N–H and O–H groups in total. The molecule has 17 heavy (non-hydrogen) atoms. The fourth-order valence-electron chi connectivity index (χ4n) is 2.22. The molecule has 1 aromatic rings. The molecule has 1 aliphatic heterocycles. The van der Waals surface area contributed by atoms with Gasteiger partial charge in [0.1, 0.15) is 0 Å². The number of nitrogens with zero attached hydrogens (tertiary/aromatic N) is 1. The first kappa shape index (κ1) is 13.2. The molecule has 0 amide bonds. The van der Waals surface area contributed by atoms with Gasteiger partial charge in [0.25, 0.3) is 0 Å². The first-order valence-corrected chi connectivity index (χ1v) is 7.41. The maximum atomic E-state index is 12.0. The topological polar surface area (TPSA) is 40.5 Å². The van der Waals surface area contributed by atoms with Gasteiger partial charge in [-0.1, -0.05) is 0 Å². The summed E-state index contributed by atoms with van der Waals surface area (Å²) in [5, 5.41) is 8.89. The zero-order valence-electron chi connectivity index (χ0n) is 9.56. The van der Waals surface area contributed by atoms with E-state index in [4.69, 9.17) is 5.11 Å². The molecule has 0 aliphatic carbocycles. The molecule has 1 unspecified atom stereocenters. The Balaban J connectivity index is 1.84. The molecule has 1 atom stereocenters. The van der Waals surface area contributed by atoms with E-state index in [2.05, 4.69) is 20.8 Å². The van der Waals surface area contributed by atoms with Crippen molar-refractivity contribution in [2.24, 2.45) is 5.92 Å². The number of aliphatic hydroxyl groups is 1. The predicted molar refractivity (Wildman–Crippen MR) is 72.6 cm³/mol. The van der Waals surface area contributed by atoms with Crippen LogP contribution in [0.1, 0.15) is 22.5 Å². The molecule has 5 heteroatoms. The average molecular weight is 318 g/mol. The minimum Gasteiger partial charge on any atom is -0.396 e. The Morgan fingerprint density at radius 1 is 1.59 bits per heavy atom. The number of carbonyl (C=O) groups excluding carboxylic acids is 1. The molecule has 1 aliphatic rings. The van der Waals surface area contributed by atoms with Crippen LogP contribution in [0.3, 0.4) is 0 Å². The predicted octanol–water partition coefficient (Wildman–Crippen LogP) is 2.40. The van der Waals surface area contributed by atoms with E-state index in [1.807, 2.05) is 12.1 Å². The van der Waals surface area contributed by atoms with Crippen LogP contribution in [-0.2, 0) is 0 Å². The lowest BCUT2D eigenvalue weighted by atomic mass is 10.1. The summed E-state index contributed by atoms with van der Waals surface area (Å²) in [6.45, 7) is 2.68. The Hall–Kier alpha value is -0.230. The van der Waals surface area contributed by atoms with Crippen LogP contribution in [-0.4, -0.2) is 42.0 Å². The lowest BCUT2D eigenvalue weighted by Gasteiger charge is -2.14. The minimum absolute atomic E-state index is 0.199. The molecular weight excluding hydrogens is 302 g/mol. The Morgan fingerprint density at radius 3 is 3.06 bits per heavy atom. The quantitative estimate of drug-likeness (QED) is 0.848. The SMILES string of the molecule is O=C(CN1CCC(CCO)C1)c1ccc(Br)s1. The van der Waals surface area contributed by atoms with Crippen molar-refractivity contribution >= 4 is 33.0 Å². The van der Waals surface area contributed by atoms with Gasteiger partial charge in [0.15, 0.2) is 5.78 Å². The Labute approximate surface area is 114 Å². The van der Waals surface area contributed by atoms with Crippen LogP contribution in [0.5, 0.6) is 0 Å². The first-order chi connectivity index (χ1) is 8.19. The number of ketones is 1. The third-order valence-corrected chi connectivity index (χ3v) is 4.79. The van der Waals surface area contributed by atoms with Crippen molar-refractivity contribution in [2.75, 3.05) is 26.2 Å². The van der Waals surface area contributed by atoms with Gasteiger partial charge in [-0.15, -0.1) is 11.3 Å². The normalized spacial score (nSPS) is 20.9. The smallest absolute Gasteiger partial charge is 0.186 e. The van der Waals surface area contributed by atoms with Gasteiger partial charge < -0.3 is 5.11 Å². The number of carbonyl (C=O) groups is 1. The van der Waals surface area contributed by atoms with Gasteiger partial charge in [0.05, 0.1) is 15.2 Å². The largest absolute Gasteiger partial charge is 0.396 e. The Morgan fingerprint density at radius 2 is 2.41 bits per heavy atom. The Bertz CT molecular complexity index is 394. The second-order valence-electron chi connectivity index (χ2n) is 4.43. The fourth-order valence-corrected chi connectivity index (χ4v) is 3.54. The number of hydrogen-bond donors (Lipinski definition) is 1. The van der Waals surface area contributed by atoms with Crippen LogP contribution >= 0.6 is 27.3 Å². The number of halogens is 1. The third kappa shape index (κ3) is 3.61. The summed E-state index contributed by atoms with van der Waals surface area (Å²) in [5.41, 5.74) is 0. The van der Waals surface area contributed by atoms with Crippen LogP contribution in [0.25, 0.3) is 0 Å². The highest BCUT2D eigenvalue weighted by Crippen LogP contribution is 2.24. The average Bonchev–Trinajstić information content (AvgIpc) is 2.88. The highest BCUT2D eigenvalue weighted by Gasteiger charge is 2.24. The number of rotatable bonds is 5. The zero-order valence-corrected chi connectivity index (χ0v) is 12.0. The molecule has 0 spiro atoms. The molecule has 0 bridgehead atoms. The van der Waals surface area contributed by atoms with Crippen LogP contribution < -0.4 is 0 Å². The van der Waals surface area contributed by atoms with Gasteiger partial charge in [-0.3, -0.25) is 9.69 Å². The molecule has 2 rings (SSSR count). The van der Waals surface area contributed by atoms with Crippen molar-refractivity contribution in [1.82, 2.24) is 4.90 Å². The van der Waals surface area contributed by atoms with E-state index < -0.39 is 0 Å². The highest BCUT2D eigenvalue weighted by atomic mass is 79.9. The molecular formula is C12H16BrNO2S. The lowest BCUT2D eigenvalue weighted by Crippen LogP contribution is -2.27. The summed E-state index contributed by atoms with van der Waals surface area (Å²) in [6, 6.07) is 3.79. The van der Waals surface area contributed by atoms with Gasteiger partial charge in [-0.05, 0) is 53.4 Å². The number of hydrogen-bond acceptors (Lipinski definition) is 4. The zero-order chi connectivity index (χ0) is 12.3. The van der Waals surface area contributed by atoms with Crippen molar-refractivity contribution in [3.05, 3.63) is 20.8 Å². The van der Waals surface area contributed by atoms with E-state index in [1.165, 1.54) is 11.3 Å². The van der Waals surface area contributed by atoms with Crippen LogP contribution in [0.4, 0.5) is 0 Å². The summed E-state index contributed by atoms with van der Waals surface area (Å²) < 4.78 is 1.00. The maximum absolute atomic E-state index is 12.0. The number of Topliss-reactive ketones (excluding diaryl/α,β-unsaturated/α-hetero) is 1. The minimum atomic E-state index is 0.199. The summed E-state index contributed by atoms with van der Waals surface area (Å²) in [5.74, 6) is 0.758. The van der Waals surface area contributed by atoms with Crippen molar-refractivity contribution in [3.8, 4) is 0 Å². The van der Waals surface area contributed by atoms with Gasteiger partial charge in [0, 0.05) is 13.2 Å². The highest BCUT2D eigenvalue weighted by molar-refractivity contribution is 9.11. The molecule has 1 aromatic heterocycles. The van der Waals surface area contributed by atoms with E-state index in [9.17, 15) is 4.79 Å². The number of aliphatic hydroxyl groups excluding tert-OH is 1. The summed E-state index contributed by atoms with van der Waals surface area (Å²) in [4.78, 5) is 15.0. The Kier molecular flexibility index (Phi) is 4.73. The molecule has 1 saturated heterocycles. The van der Waals surface area contributed by atoms with Gasteiger partial charge in [-0.2, -0.15) is 0 Å². The summed E-state index contributed by atoms with van der Waals surface area (Å²) in [7, 11) is 0. The van der Waals surface area contributed by atoms with Crippen molar-refractivity contribution < 1.29 is 9.90 Å². The van der Waals surface area contributed by atoms with E-state index in [0.717, 1.165) is 34.6 Å². The molecule has 94 valence electrons. The van der Waals surface area contributed by atoms with Gasteiger partial charge in [-0.25, -0.2) is 0 Å². The fraction of sp³-hybridized carbons (Fsp3) is 0.583. The van der Waals surface area contributed by atoms with Gasteiger partial charge >= 0.3 is 0 Å². The molecule has 3 nitrogen and oxygen atoms in total. The second-order valence-corrected chi connectivity index (χ2v) is 6.89. The van der Waals surface area contributed by atoms with Crippen molar-refractivity contribution in [3.63, 3.8) is 0 Å². The standard InChI is InChI=1S/C12H16BrNO2S/c13-12-2-1-11(17-12)10(16)8-14-5-3-9(7-14)4-6-15/h1-2,9,15H,3-8H2. The molecule has 0 saturated carbocycles. The number of thiophene rings is 1. The lowest BCUT2D eigenvalue weighted by molar-refractivity contribution is 0.0946. The van der Waals surface area contributed by atoms with E-state index >= 15 is 0 Å². The van der Waals surface area contributed by atoms with Crippen LogP contribution in [0.15, 0.2) is 15.9 Å². The third-order valence-electron chi connectivity index (χ3n) is 3.12. The van der Waals surface area contributed by atoms with E-state index in [1.54, 1.807) is 0 Å². The van der Waals surface area contributed by atoms with Crippen LogP contribution in [0.2, 0.25) is 0 Å². The first-order valence-electron chi connectivity index (χ1n) is 5.81. The molecule has 1 fully saturated rings. The maximum Gasteiger partial charge on any atom is 0.186 e. The van der Waals surface area contributed by atoms with Gasteiger partial charge in [0.2, 0.25) is 0 Å². The van der Waals surface area contributed by atoms with E-state index in [0.29, 0.717) is 12.5 Å². The molecule has 0 radical (unpaired) electrons. The molecule has 0 aromatic carbocycles. The number of likely N-dealkylation sites (tertiary alicyclic amines) is 1. The monoisotopic (exact) mass is 317 g/mol. The summed E-state index contributed by atoms with van der Waals surface area (Å²) in [6.07, 6.45) is 1.96. The van der Waals surface area contributed by atoms with E-state index in [-0.39, 0.29) is 12.4 Å². The van der Waals surface area contributed by atoms with Crippen LogP contribution in [0, 0.1) is 5.92 Å². The van der Waals surface area contributed by atoms with Crippen molar-refractivity contribution in [2.45, 2.75) is 12.8 Å².